The van der Waals surface area contributed by atoms with Gasteiger partial charge >= 0.3 is 0 Å². The van der Waals surface area contributed by atoms with E-state index in [1.807, 2.05) is 11.3 Å². The summed E-state index contributed by atoms with van der Waals surface area (Å²) in [6, 6.07) is 56.5. The average Bonchev–Trinajstić information content (AvgIpc) is 3.47. The van der Waals surface area contributed by atoms with Crippen LogP contribution in [0.5, 0.6) is 0 Å². The van der Waals surface area contributed by atoms with E-state index in [9.17, 15) is 0 Å². The minimum absolute atomic E-state index is 1.08. The summed E-state index contributed by atoms with van der Waals surface area (Å²) in [4.78, 5) is 0. The van der Waals surface area contributed by atoms with Crippen LogP contribution in [0.2, 0.25) is 0 Å². The zero-order chi connectivity index (χ0) is 27.9. The van der Waals surface area contributed by atoms with Crippen LogP contribution in [-0.2, 0) is 0 Å². The van der Waals surface area contributed by atoms with Crippen molar-refractivity contribution >= 4 is 53.7 Å². The van der Waals surface area contributed by atoms with Gasteiger partial charge in [0.05, 0.1) is 10.4 Å². The quantitative estimate of drug-likeness (QED) is 0.223. The van der Waals surface area contributed by atoms with Crippen molar-refractivity contribution in [1.82, 2.24) is 0 Å². The molecule has 0 bridgehead atoms. The SMILES string of the molecule is c1ccc(-c2ccccc2-c2ccc(Nc3cccc4c3sc3c(-c5ccccc5)cc5ccccc5c34)cc2)cc1. The van der Waals surface area contributed by atoms with Crippen LogP contribution >= 0.6 is 11.3 Å². The van der Waals surface area contributed by atoms with Gasteiger partial charge in [-0.25, -0.2) is 0 Å². The molecule has 0 aliphatic carbocycles. The van der Waals surface area contributed by atoms with Gasteiger partial charge in [-0.2, -0.15) is 0 Å². The third-order valence-electron chi connectivity index (χ3n) is 8.06. The van der Waals surface area contributed by atoms with Crippen molar-refractivity contribution in [2.75, 3.05) is 5.32 Å². The van der Waals surface area contributed by atoms with Gasteiger partial charge in [-0.1, -0.05) is 133 Å². The van der Waals surface area contributed by atoms with Gasteiger partial charge in [0.2, 0.25) is 0 Å². The van der Waals surface area contributed by atoms with E-state index < -0.39 is 0 Å². The van der Waals surface area contributed by atoms with Gasteiger partial charge in [0.15, 0.2) is 0 Å². The largest absolute Gasteiger partial charge is 0.354 e. The summed E-state index contributed by atoms with van der Waals surface area (Å²) in [5.41, 5.74) is 9.67. The molecule has 1 aromatic heterocycles. The van der Waals surface area contributed by atoms with Gasteiger partial charge in [0.25, 0.3) is 0 Å². The fraction of sp³-hybridized carbons (Fsp3) is 0. The number of rotatable bonds is 5. The second kappa shape index (κ2) is 10.3. The summed E-state index contributed by atoms with van der Waals surface area (Å²) in [6.07, 6.45) is 0. The van der Waals surface area contributed by atoms with E-state index in [4.69, 9.17) is 0 Å². The zero-order valence-electron chi connectivity index (χ0n) is 22.9. The third-order valence-corrected chi connectivity index (χ3v) is 9.33. The highest BCUT2D eigenvalue weighted by Crippen LogP contribution is 2.46. The molecule has 8 rings (SSSR count). The van der Waals surface area contributed by atoms with Crippen molar-refractivity contribution in [3.05, 3.63) is 158 Å². The first-order chi connectivity index (χ1) is 20.8. The van der Waals surface area contributed by atoms with Crippen molar-refractivity contribution < 1.29 is 0 Å². The van der Waals surface area contributed by atoms with E-state index in [0.29, 0.717) is 0 Å². The van der Waals surface area contributed by atoms with Gasteiger partial charge in [0, 0.05) is 26.7 Å². The first kappa shape index (κ1) is 24.6. The summed E-state index contributed by atoms with van der Waals surface area (Å²) in [5, 5.41) is 8.96. The molecule has 0 unspecified atom stereocenters. The lowest BCUT2D eigenvalue weighted by atomic mass is 9.94. The molecule has 0 radical (unpaired) electrons. The Morgan fingerprint density at radius 1 is 0.405 bits per heavy atom. The highest BCUT2D eigenvalue weighted by atomic mass is 32.1. The number of anilines is 2. The molecule has 0 aliphatic rings. The standard InChI is InChI=1S/C40H27NS/c1-3-12-27(13-4-1)32-17-9-10-18-33(32)29-22-24-31(25-23-29)41-37-21-11-20-35-38-34-19-8-7-16-30(34)26-36(40(38)42-39(35)37)28-14-5-2-6-15-28/h1-26,41H. The first-order valence-electron chi connectivity index (χ1n) is 14.3. The summed E-state index contributed by atoms with van der Waals surface area (Å²) in [7, 11) is 0. The third kappa shape index (κ3) is 4.25. The molecule has 0 aliphatic heterocycles. The number of hydrogen-bond donors (Lipinski definition) is 1. The Labute approximate surface area is 249 Å². The van der Waals surface area contributed by atoms with Gasteiger partial charge < -0.3 is 5.32 Å². The normalized spacial score (nSPS) is 11.3. The van der Waals surface area contributed by atoms with Crippen molar-refractivity contribution in [2.24, 2.45) is 0 Å². The Kier molecular flexibility index (Phi) is 6.05. The molecule has 2 heteroatoms. The smallest absolute Gasteiger partial charge is 0.0590 e. The van der Waals surface area contributed by atoms with Crippen LogP contribution in [0.3, 0.4) is 0 Å². The minimum atomic E-state index is 1.08. The average molecular weight is 554 g/mol. The van der Waals surface area contributed by atoms with E-state index >= 15 is 0 Å². The van der Waals surface area contributed by atoms with Crippen molar-refractivity contribution in [3.63, 3.8) is 0 Å². The van der Waals surface area contributed by atoms with Gasteiger partial charge in [-0.05, 0) is 62.9 Å². The molecule has 7 aromatic carbocycles. The van der Waals surface area contributed by atoms with E-state index in [1.165, 1.54) is 64.3 Å². The second-order valence-corrected chi connectivity index (χ2v) is 11.6. The molecular formula is C40H27NS. The Bertz CT molecular complexity index is 2190. The van der Waals surface area contributed by atoms with E-state index in [1.54, 1.807) is 0 Å². The number of benzene rings is 7. The molecule has 0 saturated heterocycles. The van der Waals surface area contributed by atoms with Crippen LogP contribution in [0.15, 0.2) is 158 Å². The lowest BCUT2D eigenvalue weighted by Crippen LogP contribution is -1.91. The lowest BCUT2D eigenvalue weighted by molar-refractivity contribution is 1.55. The predicted octanol–water partition coefficient (Wildman–Crippen LogP) is 12.0. The summed E-state index contributed by atoms with van der Waals surface area (Å²) < 4.78 is 2.61. The molecule has 0 saturated carbocycles. The Hall–Kier alpha value is -5.18. The van der Waals surface area contributed by atoms with Gasteiger partial charge in [-0.3, -0.25) is 0 Å². The second-order valence-electron chi connectivity index (χ2n) is 10.6. The van der Waals surface area contributed by atoms with E-state index in [-0.39, 0.29) is 0 Å². The van der Waals surface area contributed by atoms with Crippen LogP contribution in [-0.4, -0.2) is 0 Å². The molecule has 0 fully saturated rings. The van der Waals surface area contributed by atoms with Crippen LogP contribution in [0.4, 0.5) is 11.4 Å². The van der Waals surface area contributed by atoms with Crippen LogP contribution < -0.4 is 5.32 Å². The molecule has 198 valence electrons. The highest BCUT2D eigenvalue weighted by Gasteiger charge is 2.16. The van der Waals surface area contributed by atoms with Crippen LogP contribution in [0.25, 0.3) is 64.3 Å². The number of hydrogen-bond acceptors (Lipinski definition) is 2. The number of fused-ring (bicyclic) bond motifs is 5. The fourth-order valence-electron chi connectivity index (χ4n) is 6.07. The number of nitrogens with one attached hydrogen (secondary N) is 1. The molecule has 1 nitrogen and oxygen atoms in total. The maximum atomic E-state index is 3.75. The van der Waals surface area contributed by atoms with E-state index in [2.05, 4.69) is 163 Å². The molecule has 0 amide bonds. The topological polar surface area (TPSA) is 12.0 Å². The molecule has 0 atom stereocenters. The van der Waals surface area contributed by atoms with Crippen molar-refractivity contribution in [3.8, 4) is 33.4 Å². The summed E-state index contributed by atoms with van der Waals surface area (Å²) >= 11 is 1.88. The first-order valence-corrected chi connectivity index (χ1v) is 15.1. The maximum absolute atomic E-state index is 3.75. The molecule has 1 N–H and O–H groups in total. The van der Waals surface area contributed by atoms with E-state index in [0.717, 1.165) is 11.4 Å². The Morgan fingerprint density at radius 2 is 0.976 bits per heavy atom. The molecule has 1 heterocycles. The molecule has 0 spiro atoms. The Balaban J connectivity index is 1.22. The van der Waals surface area contributed by atoms with Crippen molar-refractivity contribution in [1.29, 1.82) is 0 Å². The Morgan fingerprint density at radius 3 is 1.69 bits per heavy atom. The van der Waals surface area contributed by atoms with Crippen LogP contribution in [0, 0.1) is 0 Å². The molecule has 42 heavy (non-hydrogen) atoms. The summed E-state index contributed by atoms with van der Waals surface area (Å²) in [6.45, 7) is 0. The predicted molar refractivity (Wildman–Crippen MR) is 183 cm³/mol. The van der Waals surface area contributed by atoms with Crippen LogP contribution in [0.1, 0.15) is 0 Å². The minimum Gasteiger partial charge on any atom is -0.354 e. The monoisotopic (exact) mass is 553 g/mol. The molecule has 8 aromatic rings. The van der Waals surface area contributed by atoms with Gasteiger partial charge in [0.1, 0.15) is 0 Å². The van der Waals surface area contributed by atoms with Crippen molar-refractivity contribution in [2.45, 2.75) is 0 Å². The lowest BCUT2D eigenvalue weighted by Gasteiger charge is -2.12. The fourth-order valence-corrected chi connectivity index (χ4v) is 7.39. The zero-order valence-corrected chi connectivity index (χ0v) is 23.7. The maximum Gasteiger partial charge on any atom is 0.0590 e. The van der Waals surface area contributed by atoms with Gasteiger partial charge in [-0.15, -0.1) is 11.3 Å². The molecular weight excluding hydrogens is 527 g/mol. The highest BCUT2D eigenvalue weighted by molar-refractivity contribution is 7.27. The summed E-state index contributed by atoms with van der Waals surface area (Å²) in [5.74, 6) is 0. The number of thiophene rings is 1.